The summed E-state index contributed by atoms with van der Waals surface area (Å²) in [5.41, 5.74) is 0. The zero-order valence-corrected chi connectivity index (χ0v) is 9.18. The SMILES string of the molecule is CCCCC(C)NC(=O)C(C)NC. The van der Waals surface area contributed by atoms with Crippen LogP contribution < -0.4 is 10.6 Å². The molecule has 2 atom stereocenters. The van der Waals surface area contributed by atoms with Crippen molar-refractivity contribution in [1.29, 1.82) is 0 Å². The predicted molar refractivity (Wildman–Crippen MR) is 55.7 cm³/mol. The van der Waals surface area contributed by atoms with Crippen molar-refractivity contribution in [3.05, 3.63) is 0 Å². The monoisotopic (exact) mass is 186 g/mol. The van der Waals surface area contributed by atoms with Gasteiger partial charge in [0.2, 0.25) is 5.91 Å². The van der Waals surface area contributed by atoms with E-state index >= 15 is 0 Å². The highest BCUT2D eigenvalue weighted by Gasteiger charge is 2.12. The van der Waals surface area contributed by atoms with Crippen molar-refractivity contribution in [2.24, 2.45) is 0 Å². The van der Waals surface area contributed by atoms with Gasteiger partial charge in [-0.15, -0.1) is 0 Å². The highest BCUT2D eigenvalue weighted by molar-refractivity contribution is 5.81. The van der Waals surface area contributed by atoms with Crippen molar-refractivity contribution in [1.82, 2.24) is 10.6 Å². The molecule has 0 aromatic rings. The fourth-order valence-corrected chi connectivity index (χ4v) is 1.08. The molecule has 0 aliphatic carbocycles. The van der Waals surface area contributed by atoms with Crippen LogP contribution in [0.3, 0.4) is 0 Å². The standard InChI is InChI=1S/C10H22N2O/c1-5-6-7-8(2)12-10(13)9(3)11-4/h8-9,11H,5-7H2,1-4H3,(H,12,13). The number of rotatable bonds is 6. The molecule has 0 heterocycles. The third kappa shape index (κ3) is 5.64. The van der Waals surface area contributed by atoms with Crippen LogP contribution in [0, 0.1) is 0 Å². The van der Waals surface area contributed by atoms with Gasteiger partial charge in [-0.05, 0) is 27.3 Å². The summed E-state index contributed by atoms with van der Waals surface area (Å²) in [6.45, 7) is 6.07. The van der Waals surface area contributed by atoms with Crippen LogP contribution in [0.2, 0.25) is 0 Å². The maximum Gasteiger partial charge on any atom is 0.237 e. The summed E-state index contributed by atoms with van der Waals surface area (Å²) in [4.78, 5) is 11.4. The molecule has 78 valence electrons. The van der Waals surface area contributed by atoms with Crippen molar-refractivity contribution in [2.45, 2.75) is 52.1 Å². The van der Waals surface area contributed by atoms with Crippen LogP contribution >= 0.6 is 0 Å². The smallest absolute Gasteiger partial charge is 0.237 e. The molecule has 2 N–H and O–H groups in total. The topological polar surface area (TPSA) is 41.1 Å². The Kier molecular flexibility index (Phi) is 6.59. The van der Waals surface area contributed by atoms with E-state index in [-0.39, 0.29) is 11.9 Å². The van der Waals surface area contributed by atoms with Gasteiger partial charge < -0.3 is 10.6 Å². The lowest BCUT2D eigenvalue weighted by Gasteiger charge is -2.16. The maximum atomic E-state index is 11.4. The van der Waals surface area contributed by atoms with E-state index in [9.17, 15) is 4.79 Å². The number of unbranched alkanes of at least 4 members (excludes halogenated alkanes) is 1. The molecule has 3 heteroatoms. The first-order chi connectivity index (χ1) is 6.11. The summed E-state index contributed by atoms with van der Waals surface area (Å²) in [6.07, 6.45) is 3.43. The Morgan fingerprint density at radius 2 is 2.00 bits per heavy atom. The Morgan fingerprint density at radius 1 is 1.38 bits per heavy atom. The van der Waals surface area contributed by atoms with E-state index in [0.29, 0.717) is 6.04 Å². The van der Waals surface area contributed by atoms with Gasteiger partial charge in [0.25, 0.3) is 0 Å². The molecule has 0 saturated heterocycles. The summed E-state index contributed by atoms with van der Waals surface area (Å²) >= 11 is 0. The first-order valence-corrected chi connectivity index (χ1v) is 5.09. The molecule has 13 heavy (non-hydrogen) atoms. The van der Waals surface area contributed by atoms with Crippen LogP contribution in [-0.2, 0) is 4.79 Å². The molecule has 2 unspecified atom stereocenters. The molecule has 0 fully saturated rings. The summed E-state index contributed by atoms with van der Waals surface area (Å²) in [6, 6.07) is 0.201. The fraction of sp³-hybridized carbons (Fsp3) is 0.900. The van der Waals surface area contributed by atoms with Gasteiger partial charge in [-0.25, -0.2) is 0 Å². The van der Waals surface area contributed by atoms with Crippen LogP contribution in [0.1, 0.15) is 40.0 Å². The van der Waals surface area contributed by atoms with Gasteiger partial charge in [0.15, 0.2) is 0 Å². The average molecular weight is 186 g/mol. The number of hydrogen-bond acceptors (Lipinski definition) is 2. The van der Waals surface area contributed by atoms with Crippen LogP contribution in [0.25, 0.3) is 0 Å². The number of carbonyl (C=O) groups excluding carboxylic acids is 1. The quantitative estimate of drug-likeness (QED) is 0.656. The van der Waals surface area contributed by atoms with Gasteiger partial charge >= 0.3 is 0 Å². The van der Waals surface area contributed by atoms with E-state index in [2.05, 4.69) is 24.5 Å². The lowest BCUT2D eigenvalue weighted by atomic mass is 10.1. The van der Waals surface area contributed by atoms with Crippen molar-refractivity contribution in [3.63, 3.8) is 0 Å². The molecule has 0 saturated carbocycles. The summed E-state index contributed by atoms with van der Waals surface area (Å²) < 4.78 is 0. The van der Waals surface area contributed by atoms with Crippen molar-refractivity contribution in [2.75, 3.05) is 7.05 Å². The normalized spacial score (nSPS) is 15.1. The fourth-order valence-electron chi connectivity index (χ4n) is 1.08. The van der Waals surface area contributed by atoms with Crippen LogP contribution in [-0.4, -0.2) is 25.0 Å². The van der Waals surface area contributed by atoms with Gasteiger partial charge in [0.05, 0.1) is 6.04 Å². The molecular formula is C10H22N2O. The second kappa shape index (κ2) is 6.89. The van der Waals surface area contributed by atoms with Crippen molar-refractivity contribution >= 4 is 5.91 Å². The summed E-state index contributed by atoms with van der Waals surface area (Å²) in [7, 11) is 1.79. The molecule has 0 radical (unpaired) electrons. The lowest BCUT2D eigenvalue weighted by Crippen LogP contribution is -2.44. The van der Waals surface area contributed by atoms with Gasteiger partial charge in [-0.3, -0.25) is 4.79 Å². The molecule has 1 amide bonds. The Hall–Kier alpha value is -0.570. The summed E-state index contributed by atoms with van der Waals surface area (Å²) in [5.74, 6) is 0.0890. The first kappa shape index (κ1) is 12.4. The zero-order valence-electron chi connectivity index (χ0n) is 9.18. The minimum absolute atomic E-state index is 0.0890. The van der Waals surface area contributed by atoms with E-state index in [1.165, 1.54) is 12.8 Å². The molecule has 3 nitrogen and oxygen atoms in total. The number of amides is 1. The Balaban J connectivity index is 3.64. The van der Waals surface area contributed by atoms with E-state index in [1.807, 2.05) is 6.92 Å². The van der Waals surface area contributed by atoms with Crippen molar-refractivity contribution < 1.29 is 4.79 Å². The highest BCUT2D eigenvalue weighted by Crippen LogP contribution is 1.99. The first-order valence-electron chi connectivity index (χ1n) is 5.09. The maximum absolute atomic E-state index is 11.4. The average Bonchev–Trinajstić information content (AvgIpc) is 2.13. The number of hydrogen-bond donors (Lipinski definition) is 2. The summed E-state index contributed by atoms with van der Waals surface area (Å²) in [5, 5.41) is 5.88. The lowest BCUT2D eigenvalue weighted by molar-refractivity contribution is -0.123. The van der Waals surface area contributed by atoms with E-state index in [4.69, 9.17) is 0 Å². The molecule has 0 bridgehead atoms. The second-order valence-corrected chi connectivity index (χ2v) is 3.56. The minimum Gasteiger partial charge on any atom is -0.352 e. The Labute approximate surface area is 81.3 Å². The second-order valence-electron chi connectivity index (χ2n) is 3.56. The van der Waals surface area contributed by atoms with Gasteiger partial charge in [-0.1, -0.05) is 19.8 Å². The molecule has 0 aliphatic rings. The number of likely N-dealkylation sites (N-methyl/N-ethyl adjacent to an activating group) is 1. The van der Waals surface area contributed by atoms with E-state index in [1.54, 1.807) is 7.05 Å². The third-order valence-electron chi connectivity index (χ3n) is 2.21. The van der Waals surface area contributed by atoms with Gasteiger partial charge in [0, 0.05) is 6.04 Å². The Bertz CT molecular complexity index is 148. The van der Waals surface area contributed by atoms with Crippen LogP contribution in [0.5, 0.6) is 0 Å². The zero-order chi connectivity index (χ0) is 10.3. The molecule has 0 aliphatic heterocycles. The van der Waals surface area contributed by atoms with Crippen LogP contribution in [0.15, 0.2) is 0 Å². The Morgan fingerprint density at radius 3 is 2.46 bits per heavy atom. The van der Waals surface area contributed by atoms with Gasteiger partial charge in [-0.2, -0.15) is 0 Å². The van der Waals surface area contributed by atoms with E-state index < -0.39 is 0 Å². The highest BCUT2D eigenvalue weighted by atomic mass is 16.2. The van der Waals surface area contributed by atoms with Gasteiger partial charge in [0.1, 0.15) is 0 Å². The molecule has 0 aromatic carbocycles. The molecular weight excluding hydrogens is 164 g/mol. The van der Waals surface area contributed by atoms with Crippen molar-refractivity contribution in [3.8, 4) is 0 Å². The molecule has 0 spiro atoms. The largest absolute Gasteiger partial charge is 0.352 e. The number of carbonyl (C=O) groups is 1. The minimum atomic E-state index is -0.0934. The van der Waals surface area contributed by atoms with E-state index in [0.717, 1.165) is 6.42 Å². The third-order valence-corrected chi connectivity index (χ3v) is 2.21. The van der Waals surface area contributed by atoms with Crippen LogP contribution in [0.4, 0.5) is 0 Å². The molecule has 0 rings (SSSR count). The molecule has 0 aromatic heterocycles. The predicted octanol–water partition coefficient (Wildman–Crippen LogP) is 1.29. The number of nitrogens with one attached hydrogen (secondary N) is 2.